The fourth-order valence-corrected chi connectivity index (χ4v) is 2.91. The van der Waals surface area contributed by atoms with Gasteiger partial charge >= 0.3 is 5.97 Å². The Labute approximate surface area is 129 Å². The topological polar surface area (TPSA) is 81.7 Å². The number of rotatable bonds is 7. The number of benzene rings is 1. The van der Waals surface area contributed by atoms with Crippen LogP contribution in [0.15, 0.2) is 12.1 Å². The highest BCUT2D eigenvalue weighted by Gasteiger charge is 2.15. The van der Waals surface area contributed by atoms with Crippen molar-refractivity contribution in [1.82, 2.24) is 0 Å². The molecule has 0 heterocycles. The smallest absolute Gasteiger partial charge is 0.305 e. The molecule has 1 aromatic carbocycles. The zero-order chi connectivity index (χ0) is 16.0. The molecule has 0 spiro atoms. The lowest BCUT2D eigenvalue weighted by Crippen LogP contribution is -2.18. The molecule has 0 saturated carbocycles. The number of nitrogens with one attached hydrogen (secondary N) is 1. The highest BCUT2D eigenvalue weighted by molar-refractivity contribution is 7.92. The van der Waals surface area contributed by atoms with Gasteiger partial charge in [0.2, 0.25) is 10.0 Å². The summed E-state index contributed by atoms with van der Waals surface area (Å²) in [4.78, 5) is 11.0. The number of ether oxygens (including phenoxy) is 2. The van der Waals surface area contributed by atoms with Gasteiger partial charge in [-0.1, -0.05) is 11.6 Å². The molecule has 0 aromatic heterocycles. The Morgan fingerprint density at radius 2 is 2.00 bits per heavy atom. The second-order valence-corrected chi connectivity index (χ2v) is 6.65. The number of anilines is 1. The Kier molecular flexibility index (Phi) is 6.29. The molecule has 0 atom stereocenters. The molecule has 8 heteroatoms. The lowest BCUT2D eigenvalue weighted by atomic mass is 10.2. The van der Waals surface area contributed by atoms with Crippen molar-refractivity contribution in [2.75, 3.05) is 24.7 Å². The standard InChI is InChI=1S/C13H18ClNO5S/c1-9-7-11(12(19-2)8-10(9)14)15-21(17,18)6-4-5-13(16)20-3/h7-8,15H,4-6H2,1-3H3. The minimum Gasteiger partial charge on any atom is -0.495 e. The Bertz CT molecular complexity index is 615. The van der Waals surface area contributed by atoms with E-state index in [9.17, 15) is 13.2 Å². The van der Waals surface area contributed by atoms with Gasteiger partial charge in [0.25, 0.3) is 0 Å². The molecule has 0 aliphatic heterocycles. The van der Waals surface area contributed by atoms with E-state index in [0.717, 1.165) is 5.56 Å². The van der Waals surface area contributed by atoms with E-state index in [1.54, 1.807) is 19.1 Å². The number of hydrogen-bond acceptors (Lipinski definition) is 5. The molecule has 118 valence electrons. The zero-order valence-corrected chi connectivity index (χ0v) is 13.7. The van der Waals surface area contributed by atoms with Crippen LogP contribution in [0.5, 0.6) is 5.75 Å². The average Bonchev–Trinajstić information content (AvgIpc) is 2.41. The molecule has 1 aromatic rings. The maximum Gasteiger partial charge on any atom is 0.305 e. The van der Waals surface area contributed by atoms with Crippen molar-refractivity contribution in [2.24, 2.45) is 0 Å². The first-order chi connectivity index (χ1) is 9.79. The van der Waals surface area contributed by atoms with Crippen molar-refractivity contribution in [1.29, 1.82) is 0 Å². The summed E-state index contributed by atoms with van der Waals surface area (Å²) >= 11 is 5.96. The van der Waals surface area contributed by atoms with Gasteiger partial charge in [0.1, 0.15) is 5.75 Å². The lowest BCUT2D eigenvalue weighted by molar-refractivity contribution is -0.140. The van der Waals surface area contributed by atoms with Gasteiger partial charge in [-0.05, 0) is 25.0 Å². The molecule has 0 amide bonds. The largest absolute Gasteiger partial charge is 0.495 e. The molecule has 0 fully saturated rings. The maximum atomic E-state index is 12.0. The van der Waals surface area contributed by atoms with E-state index in [2.05, 4.69) is 9.46 Å². The average molecular weight is 336 g/mol. The van der Waals surface area contributed by atoms with Crippen LogP contribution in [0.2, 0.25) is 5.02 Å². The van der Waals surface area contributed by atoms with Crippen LogP contribution in [0.25, 0.3) is 0 Å². The fraction of sp³-hybridized carbons (Fsp3) is 0.462. The Morgan fingerprint density at radius 3 is 2.57 bits per heavy atom. The van der Waals surface area contributed by atoms with E-state index in [1.165, 1.54) is 14.2 Å². The number of methoxy groups -OCH3 is 2. The number of halogens is 1. The molecule has 0 aliphatic carbocycles. The van der Waals surface area contributed by atoms with Crippen LogP contribution in [-0.4, -0.2) is 34.4 Å². The van der Waals surface area contributed by atoms with Gasteiger partial charge in [0.15, 0.2) is 0 Å². The minimum atomic E-state index is -3.58. The predicted molar refractivity (Wildman–Crippen MR) is 81.4 cm³/mol. The molecule has 0 radical (unpaired) electrons. The van der Waals surface area contributed by atoms with E-state index >= 15 is 0 Å². The van der Waals surface area contributed by atoms with Crippen molar-refractivity contribution in [3.8, 4) is 5.75 Å². The molecular formula is C13H18ClNO5S. The molecule has 1 N–H and O–H groups in total. The third-order valence-electron chi connectivity index (χ3n) is 2.77. The van der Waals surface area contributed by atoms with E-state index in [-0.39, 0.29) is 18.6 Å². The van der Waals surface area contributed by atoms with E-state index < -0.39 is 16.0 Å². The van der Waals surface area contributed by atoms with Gasteiger partial charge in [-0.25, -0.2) is 8.42 Å². The van der Waals surface area contributed by atoms with E-state index in [0.29, 0.717) is 16.5 Å². The van der Waals surface area contributed by atoms with Crippen LogP contribution in [0.4, 0.5) is 5.69 Å². The lowest BCUT2D eigenvalue weighted by Gasteiger charge is -2.13. The van der Waals surface area contributed by atoms with Crippen molar-refractivity contribution in [2.45, 2.75) is 19.8 Å². The summed E-state index contributed by atoms with van der Waals surface area (Å²) in [5, 5.41) is 0.487. The van der Waals surface area contributed by atoms with Crippen LogP contribution in [-0.2, 0) is 19.6 Å². The molecule has 21 heavy (non-hydrogen) atoms. The van der Waals surface area contributed by atoms with Gasteiger partial charge in [-0.15, -0.1) is 0 Å². The van der Waals surface area contributed by atoms with Crippen molar-refractivity contribution >= 4 is 33.3 Å². The van der Waals surface area contributed by atoms with Crippen LogP contribution in [0.3, 0.4) is 0 Å². The van der Waals surface area contributed by atoms with Crippen molar-refractivity contribution < 1.29 is 22.7 Å². The highest BCUT2D eigenvalue weighted by atomic mass is 35.5. The molecule has 0 bridgehead atoms. The third-order valence-corrected chi connectivity index (χ3v) is 4.53. The van der Waals surface area contributed by atoms with Crippen LogP contribution in [0, 0.1) is 6.92 Å². The fourth-order valence-electron chi connectivity index (χ4n) is 1.64. The minimum absolute atomic E-state index is 0.0498. The molecule has 0 unspecified atom stereocenters. The maximum absolute atomic E-state index is 12.0. The van der Waals surface area contributed by atoms with Gasteiger partial charge in [0.05, 0.1) is 25.7 Å². The number of hydrogen-bond donors (Lipinski definition) is 1. The quantitative estimate of drug-likeness (QED) is 0.773. The van der Waals surface area contributed by atoms with Crippen molar-refractivity contribution in [3.05, 3.63) is 22.7 Å². The summed E-state index contributed by atoms with van der Waals surface area (Å²) in [5.41, 5.74) is 1.04. The first-order valence-corrected chi connectivity index (χ1v) is 8.23. The Morgan fingerprint density at radius 1 is 1.33 bits per heavy atom. The molecule has 0 aliphatic rings. The second kappa shape index (κ2) is 7.51. The first kappa shape index (κ1) is 17.6. The normalized spacial score (nSPS) is 11.0. The Balaban J connectivity index is 2.79. The zero-order valence-electron chi connectivity index (χ0n) is 12.1. The Hall–Kier alpha value is -1.47. The second-order valence-electron chi connectivity index (χ2n) is 4.40. The van der Waals surface area contributed by atoms with E-state index in [4.69, 9.17) is 16.3 Å². The van der Waals surface area contributed by atoms with Gasteiger partial charge in [-0.2, -0.15) is 0 Å². The number of sulfonamides is 1. The summed E-state index contributed by atoms with van der Waals surface area (Å²) in [6.45, 7) is 1.76. The molecular weight excluding hydrogens is 318 g/mol. The highest BCUT2D eigenvalue weighted by Crippen LogP contribution is 2.31. The van der Waals surface area contributed by atoms with Crippen molar-refractivity contribution in [3.63, 3.8) is 0 Å². The predicted octanol–water partition coefficient (Wildman–Crippen LogP) is 2.35. The first-order valence-electron chi connectivity index (χ1n) is 6.20. The SMILES string of the molecule is COC(=O)CCCS(=O)(=O)Nc1cc(C)c(Cl)cc1OC. The molecule has 1 rings (SSSR count). The number of aryl methyl sites for hydroxylation is 1. The summed E-state index contributed by atoms with van der Waals surface area (Å²) in [5.74, 6) is -0.292. The number of carbonyl (C=O) groups is 1. The van der Waals surface area contributed by atoms with Gasteiger partial charge in [-0.3, -0.25) is 9.52 Å². The summed E-state index contributed by atoms with van der Waals surface area (Å²) in [6.07, 6.45) is 0.227. The van der Waals surface area contributed by atoms with E-state index in [1.807, 2.05) is 0 Å². The van der Waals surface area contributed by atoms with Crippen LogP contribution in [0.1, 0.15) is 18.4 Å². The van der Waals surface area contributed by atoms with Crippen LogP contribution < -0.4 is 9.46 Å². The van der Waals surface area contributed by atoms with Crippen LogP contribution >= 0.6 is 11.6 Å². The summed E-state index contributed by atoms with van der Waals surface area (Å²) in [6, 6.07) is 3.14. The number of esters is 1. The summed E-state index contributed by atoms with van der Waals surface area (Å²) in [7, 11) is -0.895. The molecule has 6 nitrogen and oxygen atoms in total. The number of carbonyl (C=O) groups excluding carboxylic acids is 1. The van der Waals surface area contributed by atoms with Gasteiger partial charge < -0.3 is 9.47 Å². The summed E-state index contributed by atoms with van der Waals surface area (Å²) < 4.78 is 36.0. The molecule has 0 saturated heterocycles. The van der Waals surface area contributed by atoms with Gasteiger partial charge in [0, 0.05) is 17.5 Å². The monoisotopic (exact) mass is 335 g/mol. The third kappa shape index (κ3) is 5.43.